The first kappa shape index (κ1) is 23.1. The zero-order chi connectivity index (χ0) is 24.5. The van der Waals surface area contributed by atoms with Gasteiger partial charge < -0.3 is 20.1 Å². The van der Waals surface area contributed by atoms with Crippen LogP contribution in [-0.2, 0) is 14.3 Å². The number of hydrogen-bond donors (Lipinski definition) is 2. The summed E-state index contributed by atoms with van der Waals surface area (Å²) in [6, 6.07) is 16.1. The number of benzene rings is 2. The van der Waals surface area contributed by atoms with Crippen LogP contribution in [0.15, 0.2) is 60.7 Å². The van der Waals surface area contributed by atoms with Gasteiger partial charge in [0.25, 0.3) is 0 Å². The average Bonchev–Trinajstić information content (AvgIpc) is 3.44. The number of likely N-dealkylation sites (tertiary alicyclic amines) is 1. The van der Waals surface area contributed by atoms with Crippen molar-refractivity contribution in [2.75, 3.05) is 19.7 Å². The molecule has 0 aromatic heterocycles. The van der Waals surface area contributed by atoms with Gasteiger partial charge in [0.15, 0.2) is 0 Å². The van der Waals surface area contributed by atoms with Crippen molar-refractivity contribution < 1.29 is 24.2 Å². The van der Waals surface area contributed by atoms with Crippen LogP contribution in [0.25, 0.3) is 11.1 Å². The lowest BCUT2D eigenvalue weighted by Crippen LogP contribution is -2.47. The summed E-state index contributed by atoms with van der Waals surface area (Å²) in [5.74, 6) is -1.68. The van der Waals surface area contributed by atoms with E-state index in [9.17, 15) is 19.5 Å². The lowest BCUT2D eigenvalue weighted by atomic mass is 9.89. The fourth-order valence-corrected chi connectivity index (χ4v) is 5.73. The molecule has 0 saturated carbocycles. The van der Waals surface area contributed by atoms with Crippen molar-refractivity contribution in [3.8, 4) is 11.1 Å². The molecular formula is C28H30N2O5. The lowest BCUT2D eigenvalue weighted by Gasteiger charge is -2.36. The number of hydrogen-bond acceptors (Lipinski definition) is 4. The van der Waals surface area contributed by atoms with Crippen LogP contribution in [0.2, 0.25) is 0 Å². The van der Waals surface area contributed by atoms with Crippen LogP contribution in [0.3, 0.4) is 0 Å². The number of piperidine rings is 1. The molecule has 35 heavy (non-hydrogen) atoms. The number of nitrogens with one attached hydrogen (secondary N) is 1. The van der Waals surface area contributed by atoms with E-state index in [-0.39, 0.29) is 42.9 Å². The van der Waals surface area contributed by atoms with E-state index < -0.39 is 18.0 Å². The Kier molecular flexibility index (Phi) is 6.32. The van der Waals surface area contributed by atoms with E-state index >= 15 is 0 Å². The minimum Gasteiger partial charge on any atom is -0.481 e. The van der Waals surface area contributed by atoms with Crippen molar-refractivity contribution in [2.45, 2.75) is 31.7 Å². The predicted molar refractivity (Wildman–Crippen MR) is 131 cm³/mol. The number of ether oxygens (including phenoxy) is 1. The first-order valence-electron chi connectivity index (χ1n) is 12.2. The number of carbonyl (C=O) groups excluding carboxylic acids is 2. The zero-order valence-electron chi connectivity index (χ0n) is 19.7. The predicted octanol–water partition coefficient (Wildman–Crippen LogP) is 4.04. The molecule has 3 aliphatic rings. The van der Waals surface area contributed by atoms with Crippen LogP contribution in [-0.4, -0.2) is 53.7 Å². The molecule has 2 amide bonds. The number of amides is 2. The topological polar surface area (TPSA) is 95.9 Å². The minimum atomic E-state index is -0.855. The van der Waals surface area contributed by atoms with Crippen LogP contribution in [0.5, 0.6) is 0 Å². The molecule has 1 heterocycles. The summed E-state index contributed by atoms with van der Waals surface area (Å²) < 4.78 is 5.62. The molecule has 2 aromatic carbocycles. The van der Waals surface area contributed by atoms with Crippen molar-refractivity contribution in [3.05, 3.63) is 71.8 Å². The molecule has 0 radical (unpaired) electrons. The van der Waals surface area contributed by atoms with E-state index in [1.54, 1.807) is 4.90 Å². The molecule has 2 aliphatic carbocycles. The van der Waals surface area contributed by atoms with Crippen LogP contribution in [0.1, 0.15) is 36.8 Å². The van der Waals surface area contributed by atoms with Gasteiger partial charge in [0.2, 0.25) is 5.91 Å². The third-order valence-corrected chi connectivity index (χ3v) is 7.37. The molecule has 7 nitrogen and oxygen atoms in total. The second-order valence-corrected chi connectivity index (χ2v) is 9.92. The van der Waals surface area contributed by atoms with Gasteiger partial charge in [-0.1, -0.05) is 67.6 Å². The molecular weight excluding hydrogens is 444 g/mol. The standard InChI is InChI=1S/C28H30N2O5/c1-17-12-19(27(32)33)15-30(14-17)26(31)18-10-11-20(13-18)29-28(34)35-16-25-23-8-4-2-6-21(23)22-7-3-5-9-24(22)25/h2-11,17-20,25H,12-16H2,1H3,(H,29,34)(H,32,33). The number of alkyl carbamates (subject to hydrolysis) is 1. The molecule has 0 bridgehead atoms. The molecule has 7 heteroatoms. The third-order valence-electron chi connectivity index (χ3n) is 7.37. The number of nitrogens with zero attached hydrogens (tertiary/aromatic N) is 1. The van der Waals surface area contributed by atoms with E-state index in [1.807, 2.05) is 43.3 Å². The first-order chi connectivity index (χ1) is 16.9. The van der Waals surface area contributed by atoms with E-state index in [0.717, 1.165) is 11.1 Å². The minimum absolute atomic E-state index is 0.00938. The summed E-state index contributed by atoms with van der Waals surface area (Å²) in [5, 5.41) is 12.2. The molecule has 4 unspecified atom stereocenters. The maximum absolute atomic E-state index is 13.0. The highest BCUT2D eigenvalue weighted by molar-refractivity contribution is 5.83. The molecule has 5 rings (SSSR count). The second-order valence-electron chi connectivity index (χ2n) is 9.92. The van der Waals surface area contributed by atoms with Crippen molar-refractivity contribution in [1.82, 2.24) is 10.2 Å². The SMILES string of the molecule is CC1CC(C(=O)O)CN(C(=O)C2C=CC(NC(=O)OCC3c4ccccc4-c4ccccc43)C2)C1. The van der Waals surface area contributed by atoms with Gasteiger partial charge in [0.1, 0.15) is 6.61 Å². The van der Waals surface area contributed by atoms with Gasteiger partial charge in [-0.2, -0.15) is 0 Å². The maximum Gasteiger partial charge on any atom is 0.407 e. The number of carbonyl (C=O) groups is 3. The zero-order valence-corrected chi connectivity index (χ0v) is 19.7. The first-order valence-corrected chi connectivity index (χ1v) is 12.2. The third kappa shape index (κ3) is 4.67. The normalized spacial score (nSPS) is 25.1. The van der Waals surface area contributed by atoms with Crippen LogP contribution >= 0.6 is 0 Å². The number of carboxylic acids is 1. The van der Waals surface area contributed by atoms with Crippen LogP contribution in [0, 0.1) is 17.8 Å². The smallest absolute Gasteiger partial charge is 0.407 e. The summed E-state index contributed by atoms with van der Waals surface area (Å²) in [6.45, 7) is 3.02. The van der Waals surface area contributed by atoms with Gasteiger partial charge in [-0.25, -0.2) is 4.79 Å². The van der Waals surface area contributed by atoms with Gasteiger partial charge in [-0.3, -0.25) is 9.59 Å². The highest BCUT2D eigenvalue weighted by atomic mass is 16.5. The molecule has 2 N–H and O–H groups in total. The molecule has 2 aromatic rings. The van der Waals surface area contributed by atoms with Crippen molar-refractivity contribution >= 4 is 18.0 Å². The van der Waals surface area contributed by atoms with Crippen molar-refractivity contribution in [3.63, 3.8) is 0 Å². The maximum atomic E-state index is 13.0. The Bertz CT molecular complexity index is 1130. The molecule has 1 saturated heterocycles. The van der Waals surface area contributed by atoms with E-state index in [1.165, 1.54) is 11.1 Å². The lowest BCUT2D eigenvalue weighted by molar-refractivity contribution is -0.147. The van der Waals surface area contributed by atoms with E-state index in [0.29, 0.717) is 19.4 Å². The summed E-state index contributed by atoms with van der Waals surface area (Å²) >= 11 is 0. The fraction of sp³-hybridized carbons (Fsp3) is 0.393. The number of aliphatic carboxylic acids is 1. The largest absolute Gasteiger partial charge is 0.481 e. The van der Waals surface area contributed by atoms with Gasteiger partial charge in [0, 0.05) is 19.0 Å². The summed E-state index contributed by atoms with van der Waals surface area (Å²) in [5.41, 5.74) is 4.66. The fourth-order valence-electron chi connectivity index (χ4n) is 5.73. The Hall–Kier alpha value is -3.61. The summed E-state index contributed by atoms with van der Waals surface area (Å²) in [7, 11) is 0. The Morgan fingerprint density at radius 1 is 0.971 bits per heavy atom. The number of carboxylic acid groups (broad SMARTS) is 1. The van der Waals surface area contributed by atoms with Gasteiger partial charge >= 0.3 is 12.1 Å². The molecule has 182 valence electrons. The van der Waals surface area contributed by atoms with Gasteiger partial charge in [0.05, 0.1) is 17.9 Å². The summed E-state index contributed by atoms with van der Waals surface area (Å²) in [6.07, 6.45) is 4.17. The summed E-state index contributed by atoms with van der Waals surface area (Å²) in [4.78, 5) is 38.7. The molecule has 1 fully saturated rings. The van der Waals surface area contributed by atoms with Gasteiger partial charge in [-0.05, 0) is 41.0 Å². The Morgan fingerprint density at radius 3 is 2.29 bits per heavy atom. The van der Waals surface area contributed by atoms with E-state index in [4.69, 9.17) is 4.74 Å². The second kappa shape index (κ2) is 9.56. The van der Waals surface area contributed by atoms with Gasteiger partial charge in [-0.15, -0.1) is 0 Å². The number of fused-ring (bicyclic) bond motifs is 3. The van der Waals surface area contributed by atoms with E-state index in [2.05, 4.69) is 29.6 Å². The molecule has 1 aliphatic heterocycles. The average molecular weight is 475 g/mol. The molecule has 4 atom stereocenters. The monoisotopic (exact) mass is 474 g/mol. The van der Waals surface area contributed by atoms with Crippen molar-refractivity contribution in [1.29, 1.82) is 0 Å². The Labute approximate surface area is 204 Å². The molecule has 0 spiro atoms. The highest BCUT2D eigenvalue weighted by Gasteiger charge is 2.36. The highest BCUT2D eigenvalue weighted by Crippen LogP contribution is 2.44. The Balaban J connectivity index is 1.15. The number of rotatable bonds is 5. The van der Waals surface area contributed by atoms with Crippen molar-refractivity contribution in [2.24, 2.45) is 17.8 Å². The van der Waals surface area contributed by atoms with Crippen LogP contribution < -0.4 is 5.32 Å². The quantitative estimate of drug-likeness (QED) is 0.638. The van der Waals surface area contributed by atoms with Crippen LogP contribution in [0.4, 0.5) is 4.79 Å². The Morgan fingerprint density at radius 2 is 1.63 bits per heavy atom.